The lowest BCUT2D eigenvalue weighted by atomic mass is 9.86. The Kier molecular flexibility index (Phi) is 6.50. The summed E-state index contributed by atoms with van der Waals surface area (Å²) in [5.74, 6) is -0.460. The standard InChI is InChI=1S/C21H27N3O2/c1-15(19(25)23-14-12-18-7-5-6-13-22-18)24-20(26)16-8-10-17(11-9-16)21(2,3)4/h5-11,13,15H,12,14H2,1-4H3,(H,23,25)(H,24,26). The molecule has 0 saturated carbocycles. The molecule has 0 fully saturated rings. The average molecular weight is 353 g/mol. The highest BCUT2D eigenvalue weighted by Gasteiger charge is 2.18. The Balaban J connectivity index is 1.83. The molecule has 0 radical (unpaired) electrons. The fraction of sp³-hybridized carbons (Fsp3) is 0.381. The summed E-state index contributed by atoms with van der Waals surface area (Å²) in [4.78, 5) is 28.7. The van der Waals surface area contributed by atoms with Crippen molar-refractivity contribution in [3.05, 3.63) is 65.5 Å². The first kappa shape index (κ1) is 19.6. The SMILES string of the molecule is CC(NC(=O)c1ccc(C(C)(C)C)cc1)C(=O)NCCc1ccccn1. The first-order chi connectivity index (χ1) is 12.3. The van der Waals surface area contributed by atoms with Gasteiger partial charge in [0.25, 0.3) is 5.91 Å². The van der Waals surface area contributed by atoms with Gasteiger partial charge in [-0.15, -0.1) is 0 Å². The maximum absolute atomic E-state index is 12.3. The van der Waals surface area contributed by atoms with Gasteiger partial charge in [-0.3, -0.25) is 14.6 Å². The highest BCUT2D eigenvalue weighted by atomic mass is 16.2. The Morgan fingerprint density at radius 1 is 1.08 bits per heavy atom. The molecule has 1 aromatic heterocycles. The van der Waals surface area contributed by atoms with Crippen molar-refractivity contribution in [2.24, 2.45) is 0 Å². The Hall–Kier alpha value is -2.69. The summed E-state index contributed by atoms with van der Waals surface area (Å²) in [6.07, 6.45) is 2.38. The lowest BCUT2D eigenvalue weighted by molar-refractivity contribution is -0.122. The third-order valence-corrected chi connectivity index (χ3v) is 4.16. The van der Waals surface area contributed by atoms with Crippen LogP contribution in [0.2, 0.25) is 0 Å². The number of pyridine rings is 1. The van der Waals surface area contributed by atoms with Gasteiger partial charge < -0.3 is 10.6 Å². The van der Waals surface area contributed by atoms with Gasteiger partial charge in [0.2, 0.25) is 5.91 Å². The van der Waals surface area contributed by atoms with E-state index in [1.807, 2.05) is 30.3 Å². The molecule has 1 aromatic carbocycles. The van der Waals surface area contributed by atoms with Crippen molar-refractivity contribution in [3.63, 3.8) is 0 Å². The lowest BCUT2D eigenvalue weighted by Crippen LogP contribution is -2.45. The zero-order valence-electron chi connectivity index (χ0n) is 15.9. The van der Waals surface area contributed by atoms with E-state index in [2.05, 4.69) is 36.4 Å². The number of aromatic nitrogens is 1. The van der Waals surface area contributed by atoms with Crippen LogP contribution in [-0.4, -0.2) is 29.4 Å². The molecule has 5 heteroatoms. The van der Waals surface area contributed by atoms with E-state index in [-0.39, 0.29) is 17.2 Å². The summed E-state index contributed by atoms with van der Waals surface area (Å²) in [5, 5.41) is 5.56. The zero-order valence-corrected chi connectivity index (χ0v) is 15.9. The maximum Gasteiger partial charge on any atom is 0.251 e. The Bertz CT molecular complexity index is 734. The second-order valence-corrected chi connectivity index (χ2v) is 7.38. The van der Waals surface area contributed by atoms with Crippen LogP contribution in [0.1, 0.15) is 49.3 Å². The summed E-state index contributed by atoms with van der Waals surface area (Å²) in [5.41, 5.74) is 2.67. The molecule has 5 nitrogen and oxygen atoms in total. The Labute approximate surface area is 155 Å². The number of nitrogens with zero attached hydrogens (tertiary/aromatic N) is 1. The van der Waals surface area contributed by atoms with Gasteiger partial charge in [-0.25, -0.2) is 0 Å². The van der Waals surface area contributed by atoms with Crippen LogP contribution in [0, 0.1) is 0 Å². The third kappa shape index (κ3) is 5.69. The van der Waals surface area contributed by atoms with E-state index in [0.717, 1.165) is 11.3 Å². The van der Waals surface area contributed by atoms with Gasteiger partial charge in [0.15, 0.2) is 0 Å². The zero-order chi connectivity index (χ0) is 19.2. The highest BCUT2D eigenvalue weighted by Crippen LogP contribution is 2.22. The van der Waals surface area contributed by atoms with Gasteiger partial charge >= 0.3 is 0 Å². The molecule has 0 aliphatic carbocycles. The quantitative estimate of drug-likeness (QED) is 0.839. The van der Waals surface area contributed by atoms with Crippen LogP contribution in [0.4, 0.5) is 0 Å². The van der Waals surface area contributed by atoms with Crippen molar-refractivity contribution in [2.75, 3.05) is 6.54 Å². The van der Waals surface area contributed by atoms with E-state index in [1.165, 1.54) is 0 Å². The van der Waals surface area contributed by atoms with Gasteiger partial charge in [-0.1, -0.05) is 39.0 Å². The van der Waals surface area contributed by atoms with E-state index in [4.69, 9.17) is 0 Å². The number of amides is 2. The largest absolute Gasteiger partial charge is 0.354 e. The van der Waals surface area contributed by atoms with Crippen LogP contribution in [0.3, 0.4) is 0 Å². The van der Waals surface area contributed by atoms with Crippen molar-refractivity contribution < 1.29 is 9.59 Å². The monoisotopic (exact) mass is 353 g/mol. The normalized spacial score (nSPS) is 12.3. The van der Waals surface area contributed by atoms with Crippen molar-refractivity contribution in [1.29, 1.82) is 0 Å². The van der Waals surface area contributed by atoms with Gasteiger partial charge in [0.05, 0.1) is 0 Å². The van der Waals surface area contributed by atoms with Gasteiger partial charge in [0, 0.05) is 30.4 Å². The molecular formula is C21H27N3O2. The first-order valence-corrected chi connectivity index (χ1v) is 8.86. The molecule has 0 aliphatic heterocycles. The summed E-state index contributed by atoms with van der Waals surface area (Å²) >= 11 is 0. The van der Waals surface area contributed by atoms with Crippen LogP contribution < -0.4 is 10.6 Å². The minimum Gasteiger partial charge on any atom is -0.354 e. The van der Waals surface area contributed by atoms with E-state index < -0.39 is 6.04 Å². The van der Waals surface area contributed by atoms with E-state index in [9.17, 15) is 9.59 Å². The molecule has 2 aromatic rings. The molecule has 1 heterocycles. The molecule has 2 amide bonds. The molecule has 2 N–H and O–H groups in total. The van der Waals surface area contributed by atoms with Gasteiger partial charge in [0.1, 0.15) is 6.04 Å². The minimum atomic E-state index is -0.603. The topological polar surface area (TPSA) is 71.1 Å². The second-order valence-electron chi connectivity index (χ2n) is 7.38. The van der Waals surface area contributed by atoms with Crippen molar-refractivity contribution >= 4 is 11.8 Å². The fourth-order valence-electron chi connectivity index (χ4n) is 2.48. The summed E-state index contributed by atoms with van der Waals surface area (Å²) in [6.45, 7) is 8.53. The van der Waals surface area contributed by atoms with Crippen LogP contribution in [-0.2, 0) is 16.6 Å². The van der Waals surface area contributed by atoms with Crippen LogP contribution in [0.5, 0.6) is 0 Å². The number of nitrogens with one attached hydrogen (secondary N) is 2. The fourth-order valence-corrected chi connectivity index (χ4v) is 2.48. The lowest BCUT2D eigenvalue weighted by Gasteiger charge is -2.19. The summed E-state index contributed by atoms with van der Waals surface area (Å²) in [7, 11) is 0. The average Bonchev–Trinajstić information content (AvgIpc) is 2.61. The second kappa shape index (κ2) is 8.61. The number of carbonyl (C=O) groups excluding carboxylic acids is 2. The predicted molar refractivity (Wildman–Crippen MR) is 103 cm³/mol. The number of hydrogen-bond donors (Lipinski definition) is 2. The third-order valence-electron chi connectivity index (χ3n) is 4.16. The van der Waals surface area contributed by atoms with E-state index >= 15 is 0 Å². The number of benzene rings is 1. The van der Waals surface area contributed by atoms with Crippen molar-refractivity contribution in [3.8, 4) is 0 Å². The number of hydrogen-bond acceptors (Lipinski definition) is 3. The van der Waals surface area contributed by atoms with E-state index in [1.54, 1.807) is 25.3 Å². The van der Waals surface area contributed by atoms with Gasteiger partial charge in [-0.2, -0.15) is 0 Å². The molecule has 26 heavy (non-hydrogen) atoms. The Morgan fingerprint density at radius 2 is 1.77 bits per heavy atom. The van der Waals surface area contributed by atoms with Crippen molar-refractivity contribution in [2.45, 2.75) is 45.6 Å². The van der Waals surface area contributed by atoms with Crippen LogP contribution >= 0.6 is 0 Å². The van der Waals surface area contributed by atoms with Crippen LogP contribution in [0.15, 0.2) is 48.7 Å². The minimum absolute atomic E-state index is 0.0375. The van der Waals surface area contributed by atoms with Crippen molar-refractivity contribution in [1.82, 2.24) is 15.6 Å². The predicted octanol–water partition coefficient (Wildman–Crippen LogP) is 2.86. The van der Waals surface area contributed by atoms with Gasteiger partial charge in [-0.05, 0) is 42.2 Å². The summed E-state index contributed by atoms with van der Waals surface area (Å²) < 4.78 is 0. The van der Waals surface area contributed by atoms with Crippen LogP contribution in [0.25, 0.3) is 0 Å². The molecular weight excluding hydrogens is 326 g/mol. The molecule has 2 rings (SSSR count). The summed E-state index contributed by atoms with van der Waals surface area (Å²) in [6, 6.07) is 12.6. The first-order valence-electron chi connectivity index (χ1n) is 8.86. The molecule has 0 bridgehead atoms. The molecule has 138 valence electrons. The molecule has 1 atom stereocenters. The number of carbonyl (C=O) groups is 2. The van der Waals surface area contributed by atoms with E-state index in [0.29, 0.717) is 18.5 Å². The number of rotatable bonds is 6. The maximum atomic E-state index is 12.3. The Morgan fingerprint density at radius 3 is 2.35 bits per heavy atom. The molecule has 1 unspecified atom stereocenters. The smallest absolute Gasteiger partial charge is 0.251 e. The highest BCUT2D eigenvalue weighted by molar-refractivity contribution is 5.97. The molecule has 0 spiro atoms. The molecule has 0 saturated heterocycles. The molecule has 0 aliphatic rings.